The number of anilines is 2. The van der Waals surface area contributed by atoms with Crippen LogP contribution in [0.5, 0.6) is 11.5 Å². The Kier molecular flexibility index (Phi) is 6.52. The van der Waals surface area contributed by atoms with E-state index in [4.69, 9.17) is 16.3 Å². The zero-order chi connectivity index (χ0) is 20.8. The molecule has 1 saturated heterocycles. The minimum Gasteiger partial charge on any atom is -0.457 e. The molecule has 0 atom stereocenters. The van der Waals surface area contributed by atoms with Crippen LogP contribution in [0.25, 0.3) is 0 Å². The molecule has 3 aromatic carbocycles. The highest BCUT2D eigenvalue weighted by Gasteiger charge is 2.19. The lowest BCUT2D eigenvalue weighted by Crippen LogP contribution is -2.48. The van der Waals surface area contributed by atoms with Crippen LogP contribution in [0.15, 0.2) is 78.9 Å². The van der Waals surface area contributed by atoms with Gasteiger partial charge in [-0.25, -0.2) is 0 Å². The van der Waals surface area contributed by atoms with Gasteiger partial charge in [0.05, 0.1) is 6.54 Å². The molecule has 0 bridgehead atoms. The van der Waals surface area contributed by atoms with Gasteiger partial charge in [-0.1, -0.05) is 29.8 Å². The van der Waals surface area contributed by atoms with Gasteiger partial charge in [-0.2, -0.15) is 0 Å². The number of rotatable bonds is 6. The van der Waals surface area contributed by atoms with E-state index in [0.717, 1.165) is 48.4 Å². The van der Waals surface area contributed by atoms with Crippen molar-refractivity contribution in [1.82, 2.24) is 4.90 Å². The lowest BCUT2D eigenvalue weighted by Gasteiger charge is -2.35. The summed E-state index contributed by atoms with van der Waals surface area (Å²) in [6.07, 6.45) is 0. The third-order valence-electron chi connectivity index (χ3n) is 5.05. The van der Waals surface area contributed by atoms with E-state index in [-0.39, 0.29) is 5.91 Å². The minimum absolute atomic E-state index is 0.00771. The fourth-order valence-electron chi connectivity index (χ4n) is 3.45. The molecule has 0 radical (unpaired) electrons. The first-order valence-electron chi connectivity index (χ1n) is 10.0. The molecule has 1 amide bonds. The maximum Gasteiger partial charge on any atom is 0.238 e. The molecule has 30 heavy (non-hydrogen) atoms. The van der Waals surface area contributed by atoms with E-state index in [2.05, 4.69) is 15.1 Å². The number of nitrogens with one attached hydrogen (secondary N) is 1. The van der Waals surface area contributed by atoms with Crippen LogP contribution in [0.2, 0.25) is 5.02 Å². The normalized spacial score (nSPS) is 14.4. The molecular formula is C24H24ClN3O2. The molecular weight excluding hydrogens is 398 g/mol. The highest BCUT2D eigenvalue weighted by atomic mass is 35.5. The molecule has 0 unspecified atom stereocenters. The summed E-state index contributed by atoms with van der Waals surface area (Å²) in [5.74, 6) is 1.51. The van der Waals surface area contributed by atoms with Crippen molar-refractivity contribution < 1.29 is 9.53 Å². The molecule has 1 heterocycles. The number of ether oxygens (including phenoxy) is 1. The molecule has 154 valence electrons. The van der Waals surface area contributed by atoms with Crippen LogP contribution in [0, 0.1) is 0 Å². The first kappa shape index (κ1) is 20.3. The van der Waals surface area contributed by atoms with Crippen molar-refractivity contribution >= 4 is 28.9 Å². The number of amides is 1. The number of carbonyl (C=O) groups excluding carboxylic acids is 1. The molecule has 4 rings (SSSR count). The Balaban J connectivity index is 1.23. The van der Waals surface area contributed by atoms with Crippen LogP contribution in [0.4, 0.5) is 11.4 Å². The Bertz CT molecular complexity index is 954. The zero-order valence-corrected chi connectivity index (χ0v) is 17.4. The molecule has 0 saturated carbocycles. The second-order valence-corrected chi connectivity index (χ2v) is 7.66. The third kappa shape index (κ3) is 5.53. The molecule has 5 nitrogen and oxygen atoms in total. The number of nitrogens with zero attached hydrogens (tertiary/aromatic N) is 2. The van der Waals surface area contributed by atoms with Gasteiger partial charge in [0.2, 0.25) is 5.91 Å². The van der Waals surface area contributed by atoms with E-state index in [1.54, 1.807) is 0 Å². The van der Waals surface area contributed by atoms with Crippen molar-refractivity contribution in [3.05, 3.63) is 83.9 Å². The maximum atomic E-state index is 12.4. The van der Waals surface area contributed by atoms with Crippen LogP contribution in [0.1, 0.15) is 0 Å². The number of para-hydroxylation sites is 1. The number of hydrogen-bond acceptors (Lipinski definition) is 4. The van der Waals surface area contributed by atoms with E-state index in [1.807, 2.05) is 78.9 Å². The summed E-state index contributed by atoms with van der Waals surface area (Å²) in [7, 11) is 0. The van der Waals surface area contributed by atoms with Crippen LogP contribution < -0.4 is 15.0 Å². The van der Waals surface area contributed by atoms with E-state index in [1.165, 1.54) is 5.69 Å². The number of carbonyl (C=O) groups is 1. The Labute approximate surface area is 181 Å². The van der Waals surface area contributed by atoms with Crippen LogP contribution in [-0.4, -0.2) is 43.5 Å². The second kappa shape index (κ2) is 9.65. The highest BCUT2D eigenvalue weighted by Crippen LogP contribution is 2.23. The largest absolute Gasteiger partial charge is 0.457 e. The molecule has 1 aliphatic rings. The van der Waals surface area contributed by atoms with Crippen molar-refractivity contribution in [2.24, 2.45) is 0 Å². The van der Waals surface area contributed by atoms with Gasteiger partial charge in [0, 0.05) is 42.6 Å². The topological polar surface area (TPSA) is 44.8 Å². The summed E-state index contributed by atoms with van der Waals surface area (Å²) in [4.78, 5) is 16.9. The Hall–Kier alpha value is -3.02. The summed E-state index contributed by atoms with van der Waals surface area (Å²) >= 11 is 5.96. The lowest BCUT2D eigenvalue weighted by atomic mass is 10.2. The van der Waals surface area contributed by atoms with E-state index >= 15 is 0 Å². The van der Waals surface area contributed by atoms with E-state index in [9.17, 15) is 4.79 Å². The first-order chi connectivity index (χ1) is 14.7. The van der Waals surface area contributed by atoms with Crippen molar-refractivity contribution in [2.75, 3.05) is 42.9 Å². The fraction of sp³-hybridized carbons (Fsp3) is 0.208. The van der Waals surface area contributed by atoms with Gasteiger partial charge in [0.1, 0.15) is 11.5 Å². The van der Waals surface area contributed by atoms with Gasteiger partial charge in [-0.05, 0) is 60.7 Å². The Morgan fingerprint density at radius 3 is 2.13 bits per heavy atom. The molecule has 0 spiro atoms. The van der Waals surface area contributed by atoms with Crippen molar-refractivity contribution in [3.8, 4) is 11.5 Å². The molecule has 0 aliphatic carbocycles. The number of benzene rings is 3. The summed E-state index contributed by atoms with van der Waals surface area (Å²) in [5, 5.41) is 3.71. The number of hydrogen-bond donors (Lipinski definition) is 1. The van der Waals surface area contributed by atoms with E-state index in [0.29, 0.717) is 6.54 Å². The predicted molar refractivity (Wildman–Crippen MR) is 122 cm³/mol. The lowest BCUT2D eigenvalue weighted by molar-refractivity contribution is -0.117. The number of piperazine rings is 1. The maximum absolute atomic E-state index is 12.4. The Morgan fingerprint density at radius 2 is 1.47 bits per heavy atom. The van der Waals surface area contributed by atoms with Gasteiger partial charge in [-0.3, -0.25) is 9.69 Å². The summed E-state index contributed by atoms with van der Waals surface area (Å²) in [6.45, 7) is 3.86. The fourth-order valence-corrected chi connectivity index (χ4v) is 3.58. The average Bonchev–Trinajstić information content (AvgIpc) is 2.77. The van der Waals surface area contributed by atoms with Crippen LogP contribution in [-0.2, 0) is 4.79 Å². The number of halogens is 1. The van der Waals surface area contributed by atoms with Gasteiger partial charge in [-0.15, -0.1) is 0 Å². The Morgan fingerprint density at radius 1 is 0.833 bits per heavy atom. The summed E-state index contributed by atoms with van der Waals surface area (Å²) in [5.41, 5.74) is 1.93. The highest BCUT2D eigenvalue weighted by molar-refractivity contribution is 6.30. The van der Waals surface area contributed by atoms with Crippen molar-refractivity contribution in [2.45, 2.75) is 0 Å². The SMILES string of the molecule is O=C(CN1CCN(c2ccc(Cl)cc2)CC1)Nc1ccc(Oc2ccccc2)cc1. The van der Waals surface area contributed by atoms with Crippen molar-refractivity contribution in [1.29, 1.82) is 0 Å². The van der Waals surface area contributed by atoms with E-state index < -0.39 is 0 Å². The summed E-state index contributed by atoms with van der Waals surface area (Å²) in [6, 6.07) is 24.9. The molecule has 1 fully saturated rings. The molecule has 1 N–H and O–H groups in total. The third-order valence-corrected chi connectivity index (χ3v) is 5.30. The average molecular weight is 422 g/mol. The van der Waals surface area contributed by atoms with Crippen LogP contribution >= 0.6 is 11.6 Å². The molecule has 3 aromatic rings. The molecule has 0 aromatic heterocycles. The standard InChI is InChI=1S/C24H24ClN3O2/c25-19-6-10-21(11-7-19)28-16-14-27(15-17-28)18-24(29)26-20-8-12-23(13-9-20)30-22-4-2-1-3-5-22/h1-13H,14-18H2,(H,26,29). The quantitative estimate of drug-likeness (QED) is 0.615. The summed E-state index contributed by atoms with van der Waals surface area (Å²) < 4.78 is 5.78. The van der Waals surface area contributed by atoms with Crippen molar-refractivity contribution in [3.63, 3.8) is 0 Å². The van der Waals surface area contributed by atoms with Crippen LogP contribution in [0.3, 0.4) is 0 Å². The van der Waals surface area contributed by atoms with Gasteiger partial charge in [0.15, 0.2) is 0 Å². The zero-order valence-electron chi connectivity index (χ0n) is 16.6. The second-order valence-electron chi connectivity index (χ2n) is 7.23. The molecule has 6 heteroatoms. The smallest absolute Gasteiger partial charge is 0.238 e. The van der Waals surface area contributed by atoms with Gasteiger partial charge >= 0.3 is 0 Å². The van der Waals surface area contributed by atoms with Gasteiger partial charge in [0.25, 0.3) is 0 Å². The first-order valence-corrected chi connectivity index (χ1v) is 10.4. The molecule has 1 aliphatic heterocycles. The minimum atomic E-state index is -0.00771. The monoisotopic (exact) mass is 421 g/mol. The van der Waals surface area contributed by atoms with Gasteiger partial charge < -0.3 is 15.0 Å². The predicted octanol–water partition coefficient (Wildman–Crippen LogP) is 4.89.